The van der Waals surface area contributed by atoms with Crippen molar-refractivity contribution in [3.63, 3.8) is 0 Å². The molecule has 0 aromatic heterocycles. The van der Waals surface area contributed by atoms with Gasteiger partial charge in [0, 0.05) is 11.5 Å². The van der Waals surface area contributed by atoms with Crippen molar-refractivity contribution >= 4 is 37.2 Å². The van der Waals surface area contributed by atoms with Crippen LogP contribution >= 0.6 is 25.3 Å². The van der Waals surface area contributed by atoms with Gasteiger partial charge < -0.3 is 9.47 Å². The van der Waals surface area contributed by atoms with Crippen LogP contribution in [0.1, 0.15) is 59.3 Å². The van der Waals surface area contributed by atoms with Gasteiger partial charge in [-0.3, -0.25) is 9.59 Å². The Morgan fingerprint density at radius 3 is 2.09 bits per heavy atom. The van der Waals surface area contributed by atoms with Crippen LogP contribution in [0.25, 0.3) is 0 Å². The Hall–Kier alpha value is -0.360. The first-order chi connectivity index (χ1) is 10.2. The molecular formula is C16H28O4S2. The summed E-state index contributed by atoms with van der Waals surface area (Å²) in [5.74, 6) is 0.904. The molecule has 0 bridgehead atoms. The average molecular weight is 349 g/mol. The number of esters is 2. The molecule has 128 valence electrons. The second-order valence-corrected chi connectivity index (χ2v) is 7.62. The van der Waals surface area contributed by atoms with E-state index in [1.165, 1.54) is 0 Å². The van der Waals surface area contributed by atoms with E-state index < -0.39 is 11.2 Å². The molecule has 0 saturated heterocycles. The molecule has 1 aliphatic rings. The van der Waals surface area contributed by atoms with Crippen LogP contribution in [0.15, 0.2) is 0 Å². The summed E-state index contributed by atoms with van der Waals surface area (Å²) in [6, 6.07) is 0. The van der Waals surface area contributed by atoms with Gasteiger partial charge in [-0.1, -0.05) is 0 Å². The van der Waals surface area contributed by atoms with Gasteiger partial charge in [-0.2, -0.15) is 25.3 Å². The zero-order chi connectivity index (χ0) is 16.8. The van der Waals surface area contributed by atoms with E-state index in [0.29, 0.717) is 24.3 Å². The van der Waals surface area contributed by atoms with Crippen LogP contribution in [0, 0.1) is 5.92 Å². The van der Waals surface area contributed by atoms with Gasteiger partial charge in [0.25, 0.3) is 0 Å². The molecule has 0 unspecified atom stereocenters. The van der Waals surface area contributed by atoms with Crippen molar-refractivity contribution in [3.8, 4) is 0 Å². The molecule has 0 N–H and O–H groups in total. The fourth-order valence-corrected chi connectivity index (χ4v) is 3.33. The highest BCUT2D eigenvalue weighted by atomic mass is 32.1. The number of hydrogen-bond acceptors (Lipinski definition) is 6. The van der Waals surface area contributed by atoms with Gasteiger partial charge in [-0.05, 0) is 52.4 Å². The molecule has 0 atom stereocenters. The van der Waals surface area contributed by atoms with Crippen LogP contribution in [-0.2, 0) is 19.1 Å². The molecule has 0 spiro atoms. The largest absolute Gasteiger partial charge is 0.459 e. The molecule has 1 rings (SSSR count). The molecule has 0 radical (unpaired) electrons. The summed E-state index contributed by atoms with van der Waals surface area (Å²) in [4.78, 5) is 23.4. The van der Waals surface area contributed by atoms with Gasteiger partial charge in [-0.25, -0.2) is 0 Å². The Labute approximate surface area is 144 Å². The van der Waals surface area contributed by atoms with Crippen LogP contribution in [-0.4, -0.2) is 34.6 Å². The van der Waals surface area contributed by atoms with E-state index in [0.717, 1.165) is 25.7 Å². The van der Waals surface area contributed by atoms with Crippen molar-refractivity contribution in [2.75, 3.05) is 11.5 Å². The lowest BCUT2D eigenvalue weighted by atomic mass is 9.73. The molecule has 22 heavy (non-hydrogen) atoms. The maximum absolute atomic E-state index is 11.7. The smallest absolute Gasteiger partial charge is 0.307 e. The summed E-state index contributed by atoms with van der Waals surface area (Å²) in [5, 5.41) is 0. The van der Waals surface area contributed by atoms with Gasteiger partial charge in [0.05, 0.1) is 12.8 Å². The van der Waals surface area contributed by atoms with Crippen molar-refractivity contribution < 1.29 is 19.1 Å². The number of thiol groups is 2. The Balaban J connectivity index is 2.52. The van der Waals surface area contributed by atoms with E-state index in [1.807, 2.05) is 20.8 Å². The summed E-state index contributed by atoms with van der Waals surface area (Å²) >= 11 is 8.11. The first kappa shape index (κ1) is 19.7. The number of carbonyl (C=O) groups is 2. The Kier molecular flexibility index (Phi) is 7.59. The predicted octanol–water partition coefficient (Wildman–Crippen LogP) is 3.44. The molecule has 0 aromatic rings. The van der Waals surface area contributed by atoms with E-state index in [4.69, 9.17) is 9.47 Å². The molecule has 1 saturated carbocycles. The Bertz CT molecular complexity index is 388. The van der Waals surface area contributed by atoms with Crippen molar-refractivity contribution in [1.29, 1.82) is 0 Å². The summed E-state index contributed by atoms with van der Waals surface area (Å²) in [7, 11) is 0. The molecule has 1 fully saturated rings. The SMILES string of the molecule is CC1(OC(=O)CCS)CCC(C(C)(C)OC(=O)CCS)CC1. The third kappa shape index (κ3) is 6.03. The van der Waals surface area contributed by atoms with Crippen LogP contribution in [0.3, 0.4) is 0 Å². The summed E-state index contributed by atoms with van der Waals surface area (Å²) in [5.41, 5.74) is -0.891. The predicted molar refractivity (Wildman–Crippen MR) is 93.6 cm³/mol. The second kappa shape index (κ2) is 8.48. The van der Waals surface area contributed by atoms with E-state index in [2.05, 4.69) is 25.3 Å². The van der Waals surface area contributed by atoms with Crippen molar-refractivity contribution in [1.82, 2.24) is 0 Å². The fourth-order valence-electron chi connectivity index (χ4n) is 2.96. The Morgan fingerprint density at radius 2 is 1.59 bits per heavy atom. The number of rotatable bonds is 7. The molecular weight excluding hydrogens is 320 g/mol. The van der Waals surface area contributed by atoms with E-state index in [1.54, 1.807) is 0 Å². The van der Waals surface area contributed by atoms with Crippen LogP contribution < -0.4 is 0 Å². The Morgan fingerprint density at radius 1 is 1.09 bits per heavy atom. The van der Waals surface area contributed by atoms with Gasteiger partial charge >= 0.3 is 11.9 Å². The molecule has 1 aliphatic carbocycles. The van der Waals surface area contributed by atoms with Crippen LogP contribution in [0.4, 0.5) is 0 Å². The van der Waals surface area contributed by atoms with E-state index >= 15 is 0 Å². The highest BCUT2D eigenvalue weighted by molar-refractivity contribution is 7.80. The standard InChI is InChI=1S/C16H28O4S2/c1-15(2,19-13(17)6-10-21)12-4-8-16(3,9-5-12)20-14(18)7-11-22/h12,21-22H,4-11H2,1-3H3. The molecule has 0 aliphatic heterocycles. The lowest BCUT2D eigenvalue weighted by molar-refractivity contribution is -0.170. The maximum Gasteiger partial charge on any atom is 0.307 e. The third-order valence-corrected chi connectivity index (χ3v) is 4.84. The zero-order valence-corrected chi connectivity index (χ0v) is 15.6. The first-order valence-electron chi connectivity index (χ1n) is 7.88. The van der Waals surface area contributed by atoms with Gasteiger partial charge in [0.2, 0.25) is 0 Å². The number of ether oxygens (including phenoxy) is 2. The highest BCUT2D eigenvalue weighted by Gasteiger charge is 2.41. The maximum atomic E-state index is 11.7. The number of carbonyl (C=O) groups excluding carboxylic acids is 2. The minimum absolute atomic E-state index is 0.185. The quantitative estimate of drug-likeness (QED) is 0.547. The molecule has 0 heterocycles. The lowest BCUT2D eigenvalue weighted by Gasteiger charge is -2.42. The van der Waals surface area contributed by atoms with Crippen molar-refractivity contribution in [2.45, 2.75) is 70.5 Å². The topological polar surface area (TPSA) is 52.6 Å². The summed E-state index contributed by atoms with van der Waals surface area (Å²) in [6.07, 6.45) is 4.03. The zero-order valence-electron chi connectivity index (χ0n) is 13.8. The monoisotopic (exact) mass is 348 g/mol. The van der Waals surface area contributed by atoms with E-state index in [9.17, 15) is 9.59 Å². The fraction of sp³-hybridized carbons (Fsp3) is 0.875. The summed E-state index contributed by atoms with van der Waals surface area (Å²) in [6.45, 7) is 5.91. The van der Waals surface area contributed by atoms with Gasteiger partial charge in [-0.15, -0.1) is 0 Å². The molecule has 0 amide bonds. The van der Waals surface area contributed by atoms with E-state index in [-0.39, 0.29) is 17.9 Å². The summed E-state index contributed by atoms with van der Waals surface area (Å²) < 4.78 is 11.2. The van der Waals surface area contributed by atoms with Crippen molar-refractivity contribution in [2.24, 2.45) is 5.92 Å². The molecule has 4 nitrogen and oxygen atoms in total. The average Bonchev–Trinajstić information content (AvgIpc) is 2.38. The second-order valence-electron chi connectivity index (χ2n) is 6.72. The van der Waals surface area contributed by atoms with Crippen LogP contribution in [0.5, 0.6) is 0 Å². The normalized spacial score (nSPS) is 25.6. The van der Waals surface area contributed by atoms with Crippen molar-refractivity contribution in [3.05, 3.63) is 0 Å². The van der Waals surface area contributed by atoms with Gasteiger partial charge in [0.15, 0.2) is 0 Å². The first-order valence-corrected chi connectivity index (χ1v) is 9.14. The lowest BCUT2D eigenvalue weighted by Crippen LogP contribution is -2.44. The number of hydrogen-bond donors (Lipinski definition) is 2. The minimum atomic E-state index is -0.490. The van der Waals surface area contributed by atoms with Crippen LogP contribution in [0.2, 0.25) is 0 Å². The van der Waals surface area contributed by atoms with Gasteiger partial charge in [0.1, 0.15) is 11.2 Å². The third-order valence-electron chi connectivity index (χ3n) is 4.40. The molecule has 6 heteroatoms. The highest BCUT2D eigenvalue weighted by Crippen LogP contribution is 2.41. The minimum Gasteiger partial charge on any atom is -0.459 e. The molecule has 0 aromatic carbocycles.